The van der Waals surface area contributed by atoms with Gasteiger partial charge in [-0.05, 0) is 19.9 Å². The molecule has 2 rings (SSSR count). The molecule has 82 valence electrons. The van der Waals surface area contributed by atoms with Crippen molar-refractivity contribution in [2.24, 2.45) is 5.92 Å². The summed E-state index contributed by atoms with van der Waals surface area (Å²) in [6.45, 7) is 3.13. The van der Waals surface area contributed by atoms with Crippen molar-refractivity contribution < 1.29 is 9.90 Å². The van der Waals surface area contributed by atoms with Crippen molar-refractivity contribution in [1.82, 2.24) is 20.5 Å². The zero-order chi connectivity index (χ0) is 10.8. The van der Waals surface area contributed by atoms with Crippen LogP contribution in [0.1, 0.15) is 24.0 Å². The van der Waals surface area contributed by atoms with Gasteiger partial charge in [0.05, 0.1) is 5.92 Å². The van der Waals surface area contributed by atoms with E-state index in [1.54, 1.807) is 0 Å². The molecule has 0 radical (unpaired) electrons. The van der Waals surface area contributed by atoms with Crippen LogP contribution in [-0.2, 0) is 4.79 Å². The van der Waals surface area contributed by atoms with Crippen LogP contribution in [0, 0.1) is 12.8 Å². The van der Waals surface area contributed by atoms with Gasteiger partial charge in [0.25, 0.3) is 0 Å². The predicted molar refractivity (Wildman–Crippen MR) is 52.5 cm³/mol. The molecule has 2 heterocycles. The lowest BCUT2D eigenvalue weighted by Crippen LogP contribution is -2.40. The van der Waals surface area contributed by atoms with Gasteiger partial charge in [-0.15, -0.1) is 0 Å². The molecule has 0 aromatic carbocycles. The smallest absolute Gasteiger partial charge is 0.308 e. The van der Waals surface area contributed by atoms with Crippen LogP contribution in [0.5, 0.6) is 0 Å². The molecule has 1 saturated heterocycles. The Bertz CT molecular complexity index is 363. The quantitative estimate of drug-likeness (QED) is 0.633. The lowest BCUT2D eigenvalue weighted by atomic mass is 9.86. The van der Waals surface area contributed by atoms with E-state index < -0.39 is 11.9 Å². The number of aromatic amines is 1. The Morgan fingerprint density at radius 1 is 1.60 bits per heavy atom. The first-order valence-corrected chi connectivity index (χ1v) is 5.01. The number of hydrogen-bond acceptors (Lipinski definition) is 4. The Morgan fingerprint density at radius 2 is 2.40 bits per heavy atom. The van der Waals surface area contributed by atoms with Gasteiger partial charge < -0.3 is 10.4 Å². The van der Waals surface area contributed by atoms with E-state index in [-0.39, 0.29) is 5.92 Å². The first-order chi connectivity index (χ1) is 7.18. The number of piperidine rings is 1. The van der Waals surface area contributed by atoms with E-state index in [2.05, 4.69) is 20.5 Å². The fourth-order valence-electron chi connectivity index (χ4n) is 1.95. The molecule has 2 atom stereocenters. The van der Waals surface area contributed by atoms with E-state index in [9.17, 15) is 4.79 Å². The molecule has 1 fully saturated rings. The highest BCUT2D eigenvalue weighted by Gasteiger charge is 2.34. The van der Waals surface area contributed by atoms with Crippen LogP contribution in [-0.4, -0.2) is 39.3 Å². The standard InChI is InChI=1S/C9H14N4O2/c1-5-11-8(13-12-5)6-2-3-10-4-7(6)9(14)15/h6-7,10H,2-4H2,1H3,(H,14,15)(H,11,12,13). The van der Waals surface area contributed by atoms with Gasteiger partial charge in [0, 0.05) is 12.5 Å². The van der Waals surface area contributed by atoms with E-state index in [1.165, 1.54) is 0 Å². The summed E-state index contributed by atoms with van der Waals surface area (Å²) < 4.78 is 0. The number of rotatable bonds is 2. The van der Waals surface area contributed by atoms with Crippen molar-refractivity contribution in [3.63, 3.8) is 0 Å². The van der Waals surface area contributed by atoms with Gasteiger partial charge in [0.1, 0.15) is 5.82 Å². The van der Waals surface area contributed by atoms with Crippen LogP contribution < -0.4 is 5.32 Å². The average Bonchev–Trinajstić information content (AvgIpc) is 2.65. The van der Waals surface area contributed by atoms with E-state index in [4.69, 9.17) is 5.11 Å². The van der Waals surface area contributed by atoms with Gasteiger partial charge in [-0.1, -0.05) is 0 Å². The van der Waals surface area contributed by atoms with E-state index in [0.717, 1.165) is 18.8 Å². The third-order valence-electron chi connectivity index (χ3n) is 2.75. The third-order valence-corrected chi connectivity index (χ3v) is 2.75. The zero-order valence-electron chi connectivity index (χ0n) is 8.53. The van der Waals surface area contributed by atoms with Gasteiger partial charge in [-0.25, -0.2) is 4.98 Å². The number of carboxylic acids is 1. The number of nitrogens with one attached hydrogen (secondary N) is 2. The maximum atomic E-state index is 11.0. The molecule has 0 bridgehead atoms. The Kier molecular flexibility index (Phi) is 2.68. The number of carboxylic acid groups (broad SMARTS) is 1. The van der Waals surface area contributed by atoms with E-state index in [1.807, 2.05) is 6.92 Å². The summed E-state index contributed by atoms with van der Waals surface area (Å²) in [4.78, 5) is 15.2. The molecule has 6 nitrogen and oxygen atoms in total. The van der Waals surface area contributed by atoms with Gasteiger partial charge in [-0.3, -0.25) is 9.89 Å². The molecule has 0 saturated carbocycles. The molecule has 1 aromatic rings. The van der Waals surface area contributed by atoms with Crippen LogP contribution in [0.2, 0.25) is 0 Å². The molecule has 6 heteroatoms. The van der Waals surface area contributed by atoms with Crippen molar-refractivity contribution in [3.8, 4) is 0 Å². The predicted octanol–water partition coefficient (Wildman–Crippen LogP) is -0.109. The zero-order valence-corrected chi connectivity index (χ0v) is 8.53. The summed E-state index contributed by atoms with van der Waals surface area (Å²) in [5, 5.41) is 18.9. The second kappa shape index (κ2) is 3.98. The Hall–Kier alpha value is -1.43. The summed E-state index contributed by atoms with van der Waals surface area (Å²) in [5.74, 6) is 0.0753. The second-order valence-electron chi connectivity index (χ2n) is 3.82. The lowest BCUT2D eigenvalue weighted by Gasteiger charge is -2.26. The highest BCUT2D eigenvalue weighted by molar-refractivity contribution is 5.71. The number of carbonyl (C=O) groups is 1. The van der Waals surface area contributed by atoms with Crippen LogP contribution in [0.15, 0.2) is 0 Å². The largest absolute Gasteiger partial charge is 0.481 e. The molecule has 1 aliphatic rings. The fraction of sp³-hybridized carbons (Fsp3) is 0.667. The van der Waals surface area contributed by atoms with Crippen LogP contribution in [0.4, 0.5) is 0 Å². The van der Waals surface area contributed by atoms with Gasteiger partial charge >= 0.3 is 5.97 Å². The molecule has 3 N–H and O–H groups in total. The van der Waals surface area contributed by atoms with Crippen LogP contribution >= 0.6 is 0 Å². The molecule has 1 aromatic heterocycles. The number of aliphatic carboxylic acids is 1. The van der Waals surface area contributed by atoms with Gasteiger partial charge in [-0.2, -0.15) is 5.10 Å². The Labute approximate surface area is 87.1 Å². The van der Waals surface area contributed by atoms with Crippen molar-refractivity contribution in [2.75, 3.05) is 13.1 Å². The first kappa shape index (κ1) is 10.1. The highest BCUT2D eigenvalue weighted by atomic mass is 16.4. The van der Waals surface area contributed by atoms with E-state index >= 15 is 0 Å². The molecule has 1 aliphatic heterocycles. The Morgan fingerprint density at radius 3 is 3.00 bits per heavy atom. The minimum absolute atomic E-state index is 0.0753. The van der Waals surface area contributed by atoms with E-state index in [0.29, 0.717) is 12.4 Å². The maximum Gasteiger partial charge on any atom is 0.308 e. The van der Waals surface area contributed by atoms with Crippen molar-refractivity contribution >= 4 is 5.97 Å². The average molecular weight is 210 g/mol. The van der Waals surface area contributed by atoms with Crippen molar-refractivity contribution in [1.29, 1.82) is 0 Å². The minimum atomic E-state index is -0.783. The summed E-state index contributed by atoms with van der Waals surface area (Å²) in [5.41, 5.74) is 0. The highest BCUT2D eigenvalue weighted by Crippen LogP contribution is 2.27. The monoisotopic (exact) mass is 210 g/mol. The molecule has 0 amide bonds. The lowest BCUT2D eigenvalue weighted by molar-refractivity contribution is -0.143. The minimum Gasteiger partial charge on any atom is -0.481 e. The van der Waals surface area contributed by atoms with Crippen molar-refractivity contribution in [2.45, 2.75) is 19.3 Å². The van der Waals surface area contributed by atoms with Gasteiger partial charge in [0.2, 0.25) is 0 Å². The molecule has 0 spiro atoms. The van der Waals surface area contributed by atoms with Crippen LogP contribution in [0.3, 0.4) is 0 Å². The summed E-state index contributed by atoms with van der Waals surface area (Å²) in [7, 11) is 0. The molecule has 15 heavy (non-hydrogen) atoms. The number of hydrogen-bond donors (Lipinski definition) is 3. The maximum absolute atomic E-state index is 11.0. The fourth-order valence-corrected chi connectivity index (χ4v) is 1.95. The van der Waals surface area contributed by atoms with Gasteiger partial charge in [0.15, 0.2) is 5.82 Å². The molecule has 0 aliphatic carbocycles. The number of aromatic nitrogens is 3. The summed E-state index contributed by atoms with van der Waals surface area (Å²) in [6.07, 6.45) is 0.772. The molecular weight excluding hydrogens is 196 g/mol. The number of aryl methyl sites for hydroxylation is 1. The summed E-state index contributed by atoms with van der Waals surface area (Å²) >= 11 is 0. The topological polar surface area (TPSA) is 90.9 Å². The molecule has 2 unspecified atom stereocenters. The Balaban J connectivity index is 2.21. The number of nitrogens with zero attached hydrogens (tertiary/aromatic N) is 2. The number of H-pyrrole nitrogens is 1. The normalized spacial score (nSPS) is 26.5. The first-order valence-electron chi connectivity index (χ1n) is 5.01. The summed E-state index contributed by atoms with van der Waals surface area (Å²) in [6, 6.07) is 0. The van der Waals surface area contributed by atoms with Crippen molar-refractivity contribution in [3.05, 3.63) is 11.6 Å². The molecular formula is C9H14N4O2. The SMILES string of the molecule is Cc1nc(C2CCNCC2C(=O)O)n[nH]1. The second-order valence-corrected chi connectivity index (χ2v) is 3.82. The van der Waals surface area contributed by atoms with Crippen LogP contribution in [0.25, 0.3) is 0 Å². The third kappa shape index (κ3) is 1.99.